The van der Waals surface area contributed by atoms with Crippen molar-refractivity contribution in [1.29, 1.82) is 0 Å². The highest BCUT2D eigenvalue weighted by molar-refractivity contribution is 7.92. The van der Waals surface area contributed by atoms with E-state index in [-0.39, 0.29) is 27.3 Å². The number of rotatable bonds is 4. The number of carboxylic acids is 1. The number of nitrogens with one attached hydrogen (secondary N) is 1. The number of carboxylic acid groups (broad SMARTS) is 1. The van der Waals surface area contributed by atoms with Crippen molar-refractivity contribution in [3.05, 3.63) is 58.7 Å². The van der Waals surface area contributed by atoms with Gasteiger partial charge in [-0.15, -0.1) is 0 Å². The second kappa shape index (κ2) is 6.40. The minimum absolute atomic E-state index is 0.0421. The summed E-state index contributed by atoms with van der Waals surface area (Å²) in [7, 11) is -4.26. The molecule has 0 unspecified atom stereocenters. The molecule has 2 N–H and O–H groups in total. The third-order valence-corrected chi connectivity index (χ3v) is 5.04. The lowest BCUT2D eigenvalue weighted by atomic mass is 10.1. The van der Waals surface area contributed by atoms with Crippen LogP contribution in [-0.4, -0.2) is 19.5 Å². The zero-order chi connectivity index (χ0) is 19.0. The van der Waals surface area contributed by atoms with E-state index in [9.17, 15) is 26.4 Å². The molecule has 2 aromatic rings. The first kappa shape index (κ1) is 18.8. The predicted molar refractivity (Wildman–Crippen MR) is 85.1 cm³/mol. The Bertz CT molecular complexity index is 937. The summed E-state index contributed by atoms with van der Waals surface area (Å²) in [5.41, 5.74) is -1.24. The molecule has 0 bridgehead atoms. The summed E-state index contributed by atoms with van der Waals surface area (Å²) in [6.45, 7) is 2.72. The Morgan fingerprint density at radius 2 is 1.64 bits per heavy atom. The lowest BCUT2D eigenvalue weighted by Crippen LogP contribution is -2.16. The molecule has 2 aromatic carbocycles. The number of carbonyl (C=O) groups is 1. The largest absolute Gasteiger partial charge is 0.478 e. The molecule has 0 aliphatic rings. The Hall–Kier alpha value is -2.55. The SMILES string of the molecule is Cc1ccc(NS(=O)(=O)c2cc(C(=O)O)ccc2C)cc1C(F)(F)F. The molecule has 0 spiro atoms. The molecule has 0 radical (unpaired) electrons. The van der Waals surface area contributed by atoms with Gasteiger partial charge in [-0.2, -0.15) is 13.2 Å². The molecule has 134 valence electrons. The van der Waals surface area contributed by atoms with Gasteiger partial charge in [0.05, 0.1) is 16.0 Å². The van der Waals surface area contributed by atoms with Crippen LogP contribution >= 0.6 is 0 Å². The second-order valence-electron chi connectivity index (χ2n) is 5.42. The van der Waals surface area contributed by atoms with E-state index in [0.717, 1.165) is 12.1 Å². The first-order valence-corrected chi connectivity index (χ1v) is 8.45. The maximum atomic E-state index is 12.9. The molecule has 0 aliphatic carbocycles. The smallest absolute Gasteiger partial charge is 0.416 e. The van der Waals surface area contributed by atoms with Gasteiger partial charge in [0, 0.05) is 5.69 Å². The monoisotopic (exact) mass is 373 g/mol. The highest BCUT2D eigenvalue weighted by Gasteiger charge is 2.33. The summed E-state index contributed by atoms with van der Waals surface area (Å²) in [5.74, 6) is -1.31. The number of alkyl halides is 3. The first-order chi connectivity index (χ1) is 11.4. The number of halogens is 3. The number of aryl methyl sites for hydroxylation is 2. The molecule has 0 saturated carbocycles. The highest BCUT2D eigenvalue weighted by Crippen LogP contribution is 2.34. The molecule has 0 amide bonds. The van der Waals surface area contributed by atoms with E-state index in [0.29, 0.717) is 6.07 Å². The molecule has 5 nitrogen and oxygen atoms in total. The van der Waals surface area contributed by atoms with Crippen molar-refractivity contribution in [3.8, 4) is 0 Å². The summed E-state index contributed by atoms with van der Waals surface area (Å²) in [6.07, 6.45) is -4.62. The van der Waals surface area contributed by atoms with Gasteiger partial charge < -0.3 is 5.11 Å². The van der Waals surface area contributed by atoms with Gasteiger partial charge in [0.2, 0.25) is 0 Å². The van der Waals surface area contributed by atoms with E-state index in [2.05, 4.69) is 4.72 Å². The van der Waals surface area contributed by atoms with E-state index in [1.54, 1.807) is 0 Å². The molecule has 0 fully saturated rings. The number of sulfonamides is 1. The fourth-order valence-corrected chi connectivity index (χ4v) is 3.54. The van der Waals surface area contributed by atoms with E-state index in [4.69, 9.17) is 5.11 Å². The van der Waals surface area contributed by atoms with Crippen molar-refractivity contribution >= 4 is 21.7 Å². The number of hydrogen-bond acceptors (Lipinski definition) is 3. The minimum Gasteiger partial charge on any atom is -0.478 e. The van der Waals surface area contributed by atoms with Crippen LogP contribution in [-0.2, 0) is 16.2 Å². The van der Waals surface area contributed by atoms with Crippen molar-refractivity contribution in [1.82, 2.24) is 0 Å². The topological polar surface area (TPSA) is 83.5 Å². The summed E-state index contributed by atoms with van der Waals surface area (Å²) in [4.78, 5) is 10.7. The van der Waals surface area contributed by atoms with Crippen LogP contribution in [0.2, 0.25) is 0 Å². The van der Waals surface area contributed by atoms with Crippen LogP contribution < -0.4 is 4.72 Å². The van der Waals surface area contributed by atoms with Gasteiger partial charge >= 0.3 is 12.1 Å². The average Bonchev–Trinajstić information content (AvgIpc) is 2.47. The van der Waals surface area contributed by atoms with Crippen LogP contribution in [0, 0.1) is 13.8 Å². The Morgan fingerprint density at radius 1 is 1.04 bits per heavy atom. The number of anilines is 1. The van der Waals surface area contributed by atoms with E-state index < -0.39 is 27.7 Å². The molecular weight excluding hydrogens is 359 g/mol. The van der Waals surface area contributed by atoms with Gasteiger partial charge in [-0.05, 0) is 49.2 Å². The van der Waals surface area contributed by atoms with Crippen LogP contribution in [0.1, 0.15) is 27.0 Å². The fourth-order valence-electron chi connectivity index (χ4n) is 2.22. The standard InChI is InChI=1S/C16H14F3NO4S/c1-9-4-6-12(8-13(9)16(17,18)19)20-25(23,24)14-7-11(15(21)22)5-3-10(14)2/h3-8,20H,1-2H3,(H,21,22). The summed E-state index contributed by atoms with van der Waals surface area (Å²) >= 11 is 0. The molecule has 0 aromatic heterocycles. The Balaban J connectivity index is 2.47. The zero-order valence-corrected chi connectivity index (χ0v) is 14.0. The maximum absolute atomic E-state index is 12.9. The van der Waals surface area contributed by atoms with Crippen LogP contribution in [0.3, 0.4) is 0 Å². The maximum Gasteiger partial charge on any atom is 0.416 e. The van der Waals surface area contributed by atoms with Gasteiger partial charge in [-0.1, -0.05) is 12.1 Å². The Kier molecular flexibility index (Phi) is 4.81. The van der Waals surface area contributed by atoms with Crippen LogP contribution in [0.15, 0.2) is 41.3 Å². The highest BCUT2D eigenvalue weighted by atomic mass is 32.2. The molecule has 2 rings (SSSR count). The first-order valence-electron chi connectivity index (χ1n) is 6.96. The van der Waals surface area contributed by atoms with Gasteiger partial charge in [0.1, 0.15) is 0 Å². The van der Waals surface area contributed by atoms with Gasteiger partial charge in [-0.25, -0.2) is 13.2 Å². The Morgan fingerprint density at radius 3 is 2.20 bits per heavy atom. The zero-order valence-electron chi connectivity index (χ0n) is 13.2. The molecular formula is C16H14F3NO4S. The van der Waals surface area contributed by atoms with E-state index >= 15 is 0 Å². The van der Waals surface area contributed by atoms with Crippen molar-refractivity contribution in [2.24, 2.45) is 0 Å². The summed E-state index contributed by atoms with van der Waals surface area (Å²) in [5, 5.41) is 8.97. The van der Waals surface area contributed by atoms with E-state index in [1.807, 2.05) is 0 Å². The number of benzene rings is 2. The molecule has 0 heterocycles. The lowest BCUT2D eigenvalue weighted by Gasteiger charge is -2.14. The average molecular weight is 373 g/mol. The summed E-state index contributed by atoms with van der Waals surface area (Å²) in [6, 6.07) is 6.57. The van der Waals surface area contributed by atoms with Crippen LogP contribution in [0.25, 0.3) is 0 Å². The molecule has 9 heteroatoms. The molecule has 0 saturated heterocycles. The van der Waals surface area contributed by atoms with E-state index in [1.165, 1.54) is 32.0 Å². The number of aromatic carboxylic acids is 1. The van der Waals surface area contributed by atoms with Gasteiger partial charge in [0.25, 0.3) is 10.0 Å². The van der Waals surface area contributed by atoms with Crippen molar-refractivity contribution in [2.45, 2.75) is 24.9 Å². The minimum atomic E-state index is -4.62. The van der Waals surface area contributed by atoms with Crippen molar-refractivity contribution in [3.63, 3.8) is 0 Å². The second-order valence-corrected chi connectivity index (χ2v) is 7.07. The van der Waals surface area contributed by atoms with Gasteiger partial charge in [-0.3, -0.25) is 4.72 Å². The van der Waals surface area contributed by atoms with Crippen LogP contribution in [0.5, 0.6) is 0 Å². The fraction of sp³-hybridized carbons (Fsp3) is 0.188. The predicted octanol–water partition coefficient (Wildman–Crippen LogP) is 3.82. The van der Waals surface area contributed by atoms with Crippen molar-refractivity contribution in [2.75, 3.05) is 4.72 Å². The molecule has 25 heavy (non-hydrogen) atoms. The lowest BCUT2D eigenvalue weighted by molar-refractivity contribution is -0.138. The third kappa shape index (κ3) is 4.11. The number of hydrogen-bond donors (Lipinski definition) is 2. The molecule has 0 atom stereocenters. The normalized spacial score (nSPS) is 12.0. The van der Waals surface area contributed by atoms with Crippen LogP contribution in [0.4, 0.5) is 18.9 Å². The third-order valence-electron chi connectivity index (χ3n) is 3.52. The summed E-state index contributed by atoms with van der Waals surface area (Å²) < 4.78 is 65.8. The molecule has 0 aliphatic heterocycles. The Labute approximate surface area is 142 Å². The quantitative estimate of drug-likeness (QED) is 0.853. The van der Waals surface area contributed by atoms with Gasteiger partial charge in [0.15, 0.2) is 0 Å². The van der Waals surface area contributed by atoms with Crippen molar-refractivity contribution < 1.29 is 31.5 Å².